The molecule has 0 spiro atoms. The van der Waals surface area contributed by atoms with Crippen LogP contribution in [-0.4, -0.2) is 23.8 Å². The number of carbonyl (C=O) groups excluding carboxylic acids is 3. The fourth-order valence-corrected chi connectivity index (χ4v) is 3.11. The fourth-order valence-electron chi connectivity index (χ4n) is 2.89. The molecule has 0 bridgehead atoms. The highest BCUT2D eigenvalue weighted by atomic mass is 35.5. The first-order chi connectivity index (χ1) is 12.9. The lowest BCUT2D eigenvalue weighted by molar-refractivity contribution is -0.121. The first kappa shape index (κ1) is 19.1. The van der Waals surface area contributed by atoms with Crippen LogP contribution in [0.5, 0.6) is 0 Å². The number of benzene rings is 2. The van der Waals surface area contributed by atoms with Crippen LogP contribution in [0.4, 0.5) is 5.69 Å². The van der Waals surface area contributed by atoms with Crippen molar-refractivity contribution in [2.45, 2.75) is 32.2 Å². The van der Waals surface area contributed by atoms with Crippen molar-refractivity contribution in [3.05, 3.63) is 64.7 Å². The molecule has 2 N–H and O–H groups in total. The van der Waals surface area contributed by atoms with E-state index in [1.165, 1.54) is 0 Å². The van der Waals surface area contributed by atoms with Gasteiger partial charge < -0.3 is 0 Å². The summed E-state index contributed by atoms with van der Waals surface area (Å²) in [6, 6.07) is 13.1. The number of anilines is 1. The van der Waals surface area contributed by atoms with Crippen molar-refractivity contribution < 1.29 is 14.4 Å². The van der Waals surface area contributed by atoms with Gasteiger partial charge in [-0.25, -0.2) is 10.3 Å². The van der Waals surface area contributed by atoms with E-state index >= 15 is 0 Å². The molecule has 0 radical (unpaired) electrons. The summed E-state index contributed by atoms with van der Waals surface area (Å²) in [5.41, 5.74) is 7.03. The maximum absolute atomic E-state index is 12.6. The summed E-state index contributed by atoms with van der Waals surface area (Å²) in [6.07, 6.45) is -0.0342. The van der Waals surface area contributed by atoms with E-state index in [1.807, 2.05) is 12.1 Å². The Morgan fingerprint density at radius 3 is 2.41 bits per heavy atom. The van der Waals surface area contributed by atoms with E-state index in [0.29, 0.717) is 16.6 Å². The molecule has 3 amide bonds. The Morgan fingerprint density at radius 1 is 1.11 bits per heavy atom. The first-order valence-electron chi connectivity index (χ1n) is 8.65. The van der Waals surface area contributed by atoms with Crippen LogP contribution in [0.3, 0.4) is 0 Å². The van der Waals surface area contributed by atoms with Gasteiger partial charge in [0.1, 0.15) is 6.04 Å². The van der Waals surface area contributed by atoms with Crippen LogP contribution in [0.1, 0.15) is 42.1 Å². The summed E-state index contributed by atoms with van der Waals surface area (Å²) < 4.78 is 0. The highest BCUT2D eigenvalue weighted by molar-refractivity contribution is 6.33. The van der Waals surface area contributed by atoms with E-state index in [-0.39, 0.29) is 17.9 Å². The van der Waals surface area contributed by atoms with Crippen LogP contribution in [0.2, 0.25) is 5.02 Å². The predicted molar refractivity (Wildman–Crippen MR) is 103 cm³/mol. The average Bonchev–Trinajstić information content (AvgIpc) is 2.93. The molecule has 3 rings (SSSR count). The lowest BCUT2D eigenvalue weighted by Gasteiger charge is -2.17. The summed E-state index contributed by atoms with van der Waals surface area (Å²) in [7, 11) is 0. The van der Waals surface area contributed by atoms with Crippen LogP contribution in [0.25, 0.3) is 0 Å². The van der Waals surface area contributed by atoms with E-state index in [9.17, 15) is 14.4 Å². The van der Waals surface area contributed by atoms with Crippen molar-refractivity contribution in [2.75, 3.05) is 4.90 Å². The minimum Gasteiger partial charge on any atom is -0.287 e. The SMILES string of the molecule is CC(C)c1ccc(N2C(=O)C[C@@H](NNC(=O)c3ccccc3Cl)C2=O)cc1. The standard InChI is InChI=1S/C20H20ClN3O3/c1-12(2)13-7-9-14(10-8-13)24-18(25)11-17(20(24)27)22-23-19(26)15-5-3-4-6-16(15)21/h3-10,12,17,22H,11H2,1-2H3,(H,23,26)/t17-/m1/s1. The lowest BCUT2D eigenvalue weighted by Crippen LogP contribution is -2.48. The van der Waals surface area contributed by atoms with Crippen molar-refractivity contribution >= 4 is 35.0 Å². The van der Waals surface area contributed by atoms with Crippen LogP contribution in [0.15, 0.2) is 48.5 Å². The molecule has 2 aromatic rings. The molecule has 0 unspecified atom stereocenters. The summed E-state index contributed by atoms with van der Waals surface area (Å²) >= 11 is 5.99. The molecule has 1 atom stereocenters. The van der Waals surface area contributed by atoms with Gasteiger partial charge in [0.15, 0.2) is 0 Å². The second-order valence-electron chi connectivity index (χ2n) is 6.65. The number of hydrazine groups is 1. The molecule has 1 fully saturated rings. The quantitative estimate of drug-likeness (QED) is 0.612. The number of carbonyl (C=O) groups is 3. The normalized spacial score (nSPS) is 16.9. The van der Waals surface area contributed by atoms with Crippen LogP contribution < -0.4 is 15.8 Å². The number of rotatable bonds is 5. The van der Waals surface area contributed by atoms with Gasteiger partial charge in [0.25, 0.3) is 11.8 Å². The average molecular weight is 386 g/mol. The molecule has 1 aliphatic heterocycles. The Bertz CT molecular complexity index is 880. The number of nitrogens with one attached hydrogen (secondary N) is 2. The second kappa shape index (κ2) is 7.90. The molecule has 1 aliphatic rings. The van der Waals surface area contributed by atoms with E-state index in [0.717, 1.165) is 10.5 Å². The number of imide groups is 1. The third-order valence-corrected chi connectivity index (χ3v) is 4.77. The van der Waals surface area contributed by atoms with Gasteiger partial charge in [0.2, 0.25) is 5.91 Å². The Balaban J connectivity index is 1.67. The van der Waals surface area contributed by atoms with Crippen LogP contribution in [0, 0.1) is 0 Å². The second-order valence-corrected chi connectivity index (χ2v) is 7.06. The summed E-state index contributed by atoms with van der Waals surface area (Å²) in [6.45, 7) is 4.14. The summed E-state index contributed by atoms with van der Waals surface area (Å²) in [5.74, 6) is -0.836. The zero-order chi connectivity index (χ0) is 19.6. The number of amides is 3. The van der Waals surface area contributed by atoms with E-state index in [4.69, 9.17) is 11.6 Å². The van der Waals surface area contributed by atoms with Gasteiger partial charge in [-0.05, 0) is 35.7 Å². The number of hydrogen-bond donors (Lipinski definition) is 2. The molecular weight excluding hydrogens is 366 g/mol. The molecule has 1 heterocycles. The number of halogens is 1. The molecule has 140 valence electrons. The summed E-state index contributed by atoms with van der Waals surface area (Å²) in [5, 5.41) is 0.303. The van der Waals surface area contributed by atoms with Gasteiger partial charge in [0, 0.05) is 0 Å². The Hall–Kier alpha value is -2.70. The highest BCUT2D eigenvalue weighted by Gasteiger charge is 2.39. The molecule has 1 saturated heterocycles. The minimum atomic E-state index is -0.825. The largest absolute Gasteiger partial charge is 0.287 e. The van der Waals surface area contributed by atoms with Gasteiger partial charge >= 0.3 is 0 Å². The predicted octanol–water partition coefficient (Wildman–Crippen LogP) is 3.03. The van der Waals surface area contributed by atoms with E-state index < -0.39 is 17.9 Å². The Labute approximate surface area is 162 Å². The number of nitrogens with zero attached hydrogens (tertiary/aromatic N) is 1. The molecule has 6 nitrogen and oxygen atoms in total. The first-order valence-corrected chi connectivity index (χ1v) is 9.03. The van der Waals surface area contributed by atoms with Gasteiger partial charge in [-0.1, -0.05) is 49.7 Å². The van der Waals surface area contributed by atoms with E-state index in [2.05, 4.69) is 24.7 Å². The van der Waals surface area contributed by atoms with Crippen molar-refractivity contribution in [3.8, 4) is 0 Å². The topological polar surface area (TPSA) is 78.5 Å². The fraction of sp³-hybridized carbons (Fsp3) is 0.250. The number of hydrogen-bond acceptors (Lipinski definition) is 4. The minimum absolute atomic E-state index is 0.0342. The van der Waals surface area contributed by atoms with Crippen molar-refractivity contribution in [1.29, 1.82) is 0 Å². The third-order valence-electron chi connectivity index (χ3n) is 4.44. The molecule has 0 aliphatic carbocycles. The molecular formula is C20H20ClN3O3. The zero-order valence-corrected chi connectivity index (χ0v) is 15.8. The monoisotopic (exact) mass is 385 g/mol. The Kier molecular flexibility index (Phi) is 5.58. The van der Waals surface area contributed by atoms with Gasteiger partial charge in [0.05, 0.1) is 22.7 Å². The molecule has 7 heteroatoms. The van der Waals surface area contributed by atoms with Crippen molar-refractivity contribution in [1.82, 2.24) is 10.9 Å². The maximum atomic E-state index is 12.6. The van der Waals surface area contributed by atoms with Gasteiger partial charge in [-0.3, -0.25) is 19.8 Å². The van der Waals surface area contributed by atoms with Crippen molar-refractivity contribution in [2.24, 2.45) is 0 Å². The lowest BCUT2D eigenvalue weighted by atomic mass is 10.0. The molecule has 2 aromatic carbocycles. The smallest absolute Gasteiger partial charge is 0.266 e. The van der Waals surface area contributed by atoms with Gasteiger partial charge in [-0.2, -0.15) is 0 Å². The molecule has 0 aromatic heterocycles. The summed E-state index contributed by atoms with van der Waals surface area (Å²) in [4.78, 5) is 38.3. The van der Waals surface area contributed by atoms with Crippen molar-refractivity contribution in [3.63, 3.8) is 0 Å². The van der Waals surface area contributed by atoms with E-state index in [1.54, 1.807) is 36.4 Å². The molecule has 27 heavy (non-hydrogen) atoms. The zero-order valence-electron chi connectivity index (χ0n) is 15.0. The van der Waals surface area contributed by atoms with Crippen LogP contribution in [-0.2, 0) is 9.59 Å². The van der Waals surface area contributed by atoms with Gasteiger partial charge in [-0.15, -0.1) is 0 Å². The maximum Gasteiger partial charge on any atom is 0.266 e. The third kappa shape index (κ3) is 4.02. The Morgan fingerprint density at radius 2 is 1.78 bits per heavy atom. The van der Waals surface area contributed by atoms with Crippen LogP contribution >= 0.6 is 11.6 Å². The molecule has 0 saturated carbocycles. The highest BCUT2D eigenvalue weighted by Crippen LogP contribution is 2.25.